The van der Waals surface area contributed by atoms with E-state index in [0.29, 0.717) is 12.5 Å². The molecule has 112 valence electrons. The zero-order valence-corrected chi connectivity index (χ0v) is 13.0. The van der Waals surface area contributed by atoms with Crippen molar-refractivity contribution in [2.75, 3.05) is 6.61 Å². The van der Waals surface area contributed by atoms with Crippen LogP contribution in [0, 0.1) is 0 Å². The first-order valence-electron chi connectivity index (χ1n) is 7.26. The fourth-order valence-electron chi connectivity index (χ4n) is 1.81. The number of rotatable bonds is 6. The quantitative estimate of drug-likeness (QED) is 0.886. The number of ether oxygens (including phenoxy) is 1. The van der Waals surface area contributed by atoms with Crippen molar-refractivity contribution in [2.24, 2.45) is 0 Å². The number of hydrogen-bond acceptors (Lipinski definition) is 4. The van der Waals surface area contributed by atoms with E-state index in [1.807, 2.05) is 30.3 Å². The number of nitrogens with one attached hydrogen (secondary N) is 1. The van der Waals surface area contributed by atoms with Crippen molar-refractivity contribution in [3.8, 4) is 5.88 Å². The Bertz CT molecular complexity index is 549. The van der Waals surface area contributed by atoms with E-state index >= 15 is 0 Å². The lowest BCUT2D eigenvalue weighted by molar-refractivity contribution is 0.307. The Hall–Kier alpha value is -1.94. The van der Waals surface area contributed by atoms with Gasteiger partial charge in [0, 0.05) is 42.7 Å². The molecule has 0 aliphatic heterocycles. The molecule has 0 saturated heterocycles. The van der Waals surface area contributed by atoms with E-state index in [1.165, 1.54) is 5.56 Å². The van der Waals surface area contributed by atoms with Crippen molar-refractivity contribution < 1.29 is 4.74 Å². The molecule has 21 heavy (non-hydrogen) atoms. The van der Waals surface area contributed by atoms with E-state index in [9.17, 15) is 0 Å². The fraction of sp³-hybridized carbons (Fsp3) is 0.412. The molecule has 2 rings (SSSR count). The lowest BCUT2D eigenvalue weighted by Gasteiger charge is -2.20. The van der Waals surface area contributed by atoms with Gasteiger partial charge in [0.15, 0.2) is 0 Å². The van der Waals surface area contributed by atoms with Crippen LogP contribution in [-0.2, 0) is 13.0 Å². The first-order valence-corrected chi connectivity index (χ1v) is 7.26. The molecule has 4 nitrogen and oxygen atoms in total. The number of nitrogens with zero attached hydrogens (tertiary/aromatic N) is 2. The maximum absolute atomic E-state index is 5.70. The molecule has 0 fully saturated rings. The Morgan fingerprint density at radius 1 is 1.10 bits per heavy atom. The van der Waals surface area contributed by atoms with Crippen molar-refractivity contribution >= 4 is 0 Å². The molecule has 0 aliphatic carbocycles. The summed E-state index contributed by atoms with van der Waals surface area (Å²) >= 11 is 0. The van der Waals surface area contributed by atoms with Gasteiger partial charge < -0.3 is 10.1 Å². The van der Waals surface area contributed by atoms with Gasteiger partial charge in [-0.05, 0) is 44.5 Å². The molecule has 0 bridgehead atoms. The van der Waals surface area contributed by atoms with E-state index < -0.39 is 0 Å². The number of hydrogen-bond donors (Lipinski definition) is 1. The lowest BCUT2D eigenvalue weighted by Crippen LogP contribution is -2.35. The molecular formula is C17H23N3O. The van der Waals surface area contributed by atoms with Crippen molar-refractivity contribution in [3.63, 3.8) is 0 Å². The highest BCUT2D eigenvalue weighted by Gasteiger charge is 2.08. The molecule has 2 aromatic heterocycles. The molecule has 2 aromatic rings. The van der Waals surface area contributed by atoms with E-state index in [4.69, 9.17) is 4.74 Å². The van der Waals surface area contributed by atoms with Gasteiger partial charge in [0.05, 0.1) is 6.61 Å². The van der Waals surface area contributed by atoms with Crippen molar-refractivity contribution in [1.82, 2.24) is 15.3 Å². The molecular weight excluding hydrogens is 262 g/mol. The summed E-state index contributed by atoms with van der Waals surface area (Å²) in [7, 11) is 0. The van der Waals surface area contributed by atoms with Crippen LogP contribution in [0.5, 0.6) is 5.88 Å². The van der Waals surface area contributed by atoms with Crippen LogP contribution in [0.1, 0.15) is 32.0 Å². The van der Waals surface area contributed by atoms with Crippen LogP contribution in [0.4, 0.5) is 0 Å². The highest BCUT2D eigenvalue weighted by molar-refractivity contribution is 5.20. The van der Waals surface area contributed by atoms with Gasteiger partial charge in [-0.15, -0.1) is 0 Å². The molecule has 0 atom stereocenters. The molecule has 0 unspecified atom stereocenters. The summed E-state index contributed by atoms with van der Waals surface area (Å²) in [5.74, 6) is 0.666. The van der Waals surface area contributed by atoms with Crippen LogP contribution in [0.15, 0.2) is 42.7 Å². The highest BCUT2D eigenvalue weighted by Crippen LogP contribution is 2.11. The molecule has 4 heteroatoms. The van der Waals surface area contributed by atoms with Gasteiger partial charge in [0.25, 0.3) is 0 Å². The zero-order chi connectivity index (χ0) is 15.1. The minimum Gasteiger partial charge on any atom is -0.477 e. The summed E-state index contributed by atoms with van der Waals surface area (Å²) in [5.41, 5.74) is 2.30. The van der Waals surface area contributed by atoms with E-state index in [2.05, 4.69) is 36.1 Å². The van der Waals surface area contributed by atoms with Crippen molar-refractivity contribution in [3.05, 3.63) is 54.0 Å². The minimum absolute atomic E-state index is 0.100. The third kappa shape index (κ3) is 5.92. The molecule has 0 saturated carbocycles. The highest BCUT2D eigenvalue weighted by atomic mass is 16.5. The summed E-state index contributed by atoms with van der Waals surface area (Å²) in [6, 6.07) is 9.89. The smallest absolute Gasteiger partial charge is 0.213 e. The SMILES string of the molecule is CC(C)(C)NCc1ccnc(OCCc2ccccn2)c1. The maximum Gasteiger partial charge on any atom is 0.213 e. The predicted molar refractivity (Wildman–Crippen MR) is 84.3 cm³/mol. The number of aromatic nitrogens is 2. The summed E-state index contributed by atoms with van der Waals surface area (Å²) in [4.78, 5) is 8.52. The summed E-state index contributed by atoms with van der Waals surface area (Å²) in [5, 5.41) is 3.45. The van der Waals surface area contributed by atoms with Gasteiger partial charge >= 0.3 is 0 Å². The third-order valence-corrected chi connectivity index (χ3v) is 2.96. The summed E-state index contributed by atoms with van der Waals surface area (Å²) < 4.78 is 5.70. The Balaban J connectivity index is 1.83. The third-order valence-electron chi connectivity index (χ3n) is 2.96. The van der Waals surface area contributed by atoms with E-state index in [1.54, 1.807) is 12.4 Å². The Morgan fingerprint density at radius 3 is 2.67 bits per heavy atom. The average molecular weight is 285 g/mol. The molecule has 0 amide bonds. The van der Waals surface area contributed by atoms with E-state index in [0.717, 1.165) is 18.7 Å². The van der Waals surface area contributed by atoms with Crippen LogP contribution >= 0.6 is 0 Å². The van der Waals surface area contributed by atoms with Crippen LogP contribution < -0.4 is 10.1 Å². The van der Waals surface area contributed by atoms with Gasteiger partial charge in [-0.2, -0.15) is 0 Å². The molecule has 0 aliphatic rings. The molecule has 2 heterocycles. The van der Waals surface area contributed by atoms with Crippen LogP contribution in [0.25, 0.3) is 0 Å². The average Bonchev–Trinajstić information content (AvgIpc) is 2.46. The van der Waals surface area contributed by atoms with Crippen LogP contribution in [0.2, 0.25) is 0 Å². The van der Waals surface area contributed by atoms with Crippen molar-refractivity contribution in [2.45, 2.75) is 39.3 Å². The minimum atomic E-state index is 0.100. The zero-order valence-electron chi connectivity index (χ0n) is 13.0. The summed E-state index contributed by atoms with van der Waals surface area (Å²) in [6.45, 7) is 7.85. The number of pyridine rings is 2. The summed E-state index contributed by atoms with van der Waals surface area (Å²) in [6.07, 6.45) is 4.37. The lowest BCUT2D eigenvalue weighted by atomic mass is 10.1. The monoisotopic (exact) mass is 285 g/mol. The largest absolute Gasteiger partial charge is 0.477 e. The Labute approximate surface area is 126 Å². The second-order valence-electron chi connectivity index (χ2n) is 6.03. The van der Waals surface area contributed by atoms with Gasteiger partial charge in [-0.3, -0.25) is 4.98 Å². The maximum atomic E-state index is 5.70. The van der Waals surface area contributed by atoms with Gasteiger partial charge in [0.1, 0.15) is 0 Å². The second kappa shape index (κ2) is 7.18. The Morgan fingerprint density at radius 2 is 1.95 bits per heavy atom. The van der Waals surface area contributed by atoms with Gasteiger partial charge in [0.2, 0.25) is 5.88 Å². The van der Waals surface area contributed by atoms with Crippen molar-refractivity contribution in [1.29, 1.82) is 0 Å². The van der Waals surface area contributed by atoms with Gasteiger partial charge in [-0.1, -0.05) is 6.07 Å². The molecule has 0 spiro atoms. The molecule has 0 aromatic carbocycles. The standard InChI is InChI=1S/C17H23N3O/c1-17(2,3)20-13-14-7-10-19-16(12-14)21-11-8-15-6-4-5-9-18-15/h4-7,9-10,12,20H,8,11,13H2,1-3H3. The molecule has 0 radical (unpaired) electrons. The van der Waals surface area contributed by atoms with E-state index in [-0.39, 0.29) is 5.54 Å². The molecule has 1 N–H and O–H groups in total. The second-order valence-corrected chi connectivity index (χ2v) is 6.03. The topological polar surface area (TPSA) is 47.0 Å². The predicted octanol–water partition coefficient (Wildman–Crippen LogP) is 2.99. The van der Waals surface area contributed by atoms with Gasteiger partial charge in [-0.25, -0.2) is 4.98 Å². The first-order chi connectivity index (χ1) is 10.0. The fourth-order valence-corrected chi connectivity index (χ4v) is 1.81. The Kier molecular flexibility index (Phi) is 5.28. The van der Waals surface area contributed by atoms with Crippen LogP contribution in [0.3, 0.4) is 0 Å². The normalized spacial score (nSPS) is 11.4. The van der Waals surface area contributed by atoms with Crippen LogP contribution in [-0.4, -0.2) is 22.1 Å². The first kappa shape index (κ1) is 15.4.